The van der Waals surface area contributed by atoms with Crippen molar-refractivity contribution >= 4 is 23.4 Å². The third kappa shape index (κ3) is 5.51. The maximum absolute atomic E-state index is 13.3. The Morgan fingerprint density at radius 1 is 1.00 bits per heavy atom. The van der Waals surface area contributed by atoms with E-state index in [-0.39, 0.29) is 24.3 Å². The van der Waals surface area contributed by atoms with E-state index in [1.54, 1.807) is 35.4 Å². The Balaban J connectivity index is 1.93. The zero-order valence-electron chi connectivity index (χ0n) is 17.0. The molecule has 0 saturated heterocycles. The molecule has 0 unspecified atom stereocenters. The summed E-state index contributed by atoms with van der Waals surface area (Å²) in [6, 6.07) is 19.4. The number of carbonyl (C=O) groups excluding carboxylic acids is 2. The summed E-state index contributed by atoms with van der Waals surface area (Å²) in [7, 11) is 0. The zero-order valence-corrected chi connectivity index (χ0v) is 17.8. The molecule has 1 atom stereocenters. The number of nitrogens with one attached hydrogen (secondary N) is 1. The number of hydrogen-bond donors (Lipinski definition) is 1. The predicted molar refractivity (Wildman–Crippen MR) is 117 cm³/mol. The fraction of sp³-hybridized carbons (Fsp3) is 0.250. The highest BCUT2D eigenvalue weighted by Crippen LogP contribution is 2.26. The maximum Gasteiger partial charge on any atom is 0.247 e. The van der Waals surface area contributed by atoms with Gasteiger partial charge in [-0.2, -0.15) is 0 Å². The highest BCUT2D eigenvalue weighted by atomic mass is 35.5. The van der Waals surface area contributed by atoms with Gasteiger partial charge in [0.1, 0.15) is 11.8 Å². The van der Waals surface area contributed by atoms with Gasteiger partial charge in [-0.3, -0.25) is 9.59 Å². The second-order valence-electron chi connectivity index (χ2n) is 7.36. The summed E-state index contributed by atoms with van der Waals surface area (Å²) in [5.41, 5.74) is 1.64. The van der Waals surface area contributed by atoms with Gasteiger partial charge in [-0.05, 0) is 35.4 Å². The van der Waals surface area contributed by atoms with E-state index in [1.165, 1.54) is 0 Å². The third-order valence-corrected chi connectivity index (χ3v) is 4.99. The highest BCUT2D eigenvalue weighted by molar-refractivity contribution is 6.30. The molecule has 156 valence electrons. The minimum Gasteiger partial charge on any atom is -0.467 e. The van der Waals surface area contributed by atoms with Crippen LogP contribution in [0, 0.1) is 5.92 Å². The Kier molecular flexibility index (Phi) is 7.31. The Morgan fingerprint density at radius 3 is 2.30 bits per heavy atom. The van der Waals surface area contributed by atoms with Crippen molar-refractivity contribution in [1.29, 1.82) is 0 Å². The Morgan fingerprint density at radius 2 is 1.70 bits per heavy atom. The lowest BCUT2D eigenvalue weighted by molar-refractivity contribution is -0.144. The largest absolute Gasteiger partial charge is 0.467 e. The van der Waals surface area contributed by atoms with E-state index >= 15 is 0 Å². The molecule has 1 N–H and O–H groups in total. The van der Waals surface area contributed by atoms with E-state index in [4.69, 9.17) is 16.0 Å². The molecule has 2 aromatic carbocycles. The van der Waals surface area contributed by atoms with Gasteiger partial charge in [0.05, 0.1) is 12.8 Å². The number of benzene rings is 2. The zero-order chi connectivity index (χ0) is 21.5. The molecule has 1 aromatic heterocycles. The normalized spacial score (nSPS) is 11.9. The summed E-state index contributed by atoms with van der Waals surface area (Å²) >= 11 is 6.01. The first kappa shape index (κ1) is 21.7. The van der Waals surface area contributed by atoms with Gasteiger partial charge in [-0.1, -0.05) is 67.9 Å². The Bertz CT molecular complexity index is 954. The smallest absolute Gasteiger partial charge is 0.247 e. The van der Waals surface area contributed by atoms with Crippen LogP contribution in [0.15, 0.2) is 77.4 Å². The standard InChI is InChI=1S/C24H25ClN2O3/c1-17(2)24(29)27(16-18-10-12-20(25)13-11-18)22(19-7-4-3-5-8-19)23(28)26-15-21-9-6-14-30-21/h3-14,17,22H,15-16H2,1-2H3,(H,26,28)/t22-/m1/s1. The summed E-state index contributed by atoms with van der Waals surface area (Å²) in [5, 5.41) is 3.53. The molecule has 0 fully saturated rings. The van der Waals surface area contributed by atoms with E-state index in [0.29, 0.717) is 17.3 Å². The minimum absolute atomic E-state index is 0.105. The molecular formula is C24H25ClN2O3. The summed E-state index contributed by atoms with van der Waals surface area (Å²) in [4.78, 5) is 28.1. The first-order chi connectivity index (χ1) is 14.5. The molecule has 0 bridgehead atoms. The number of halogens is 1. The van der Waals surface area contributed by atoms with Crippen LogP contribution in [0.4, 0.5) is 0 Å². The van der Waals surface area contributed by atoms with Gasteiger partial charge in [0, 0.05) is 17.5 Å². The quantitative estimate of drug-likeness (QED) is 0.555. The number of amides is 2. The molecule has 0 aliphatic rings. The molecule has 0 radical (unpaired) electrons. The van der Waals surface area contributed by atoms with Gasteiger partial charge >= 0.3 is 0 Å². The average Bonchev–Trinajstić information content (AvgIpc) is 3.27. The molecule has 0 aliphatic carbocycles. The van der Waals surface area contributed by atoms with Crippen LogP contribution in [0.1, 0.15) is 36.8 Å². The lowest BCUT2D eigenvalue weighted by Gasteiger charge is -2.33. The lowest BCUT2D eigenvalue weighted by Crippen LogP contribution is -2.44. The van der Waals surface area contributed by atoms with Crippen LogP contribution < -0.4 is 5.32 Å². The lowest BCUT2D eigenvalue weighted by atomic mass is 10.0. The first-order valence-electron chi connectivity index (χ1n) is 9.85. The number of furan rings is 1. The predicted octanol–water partition coefficient (Wildman–Crippen LogP) is 4.98. The average molecular weight is 425 g/mol. The summed E-state index contributed by atoms with van der Waals surface area (Å²) < 4.78 is 5.31. The van der Waals surface area contributed by atoms with Gasteiger partial charge in [0.15, 0.2) is 0 Å². The monoisotopic (exact) mass is 424 g/mol. The molecule has 6 heteroatoms. The number of carbonyl (C=O) groups is 2. The van der Waals surface area contributed by atoms with Crippen molar-refractivity contribution in [2.24, 2.45) is 5.92 Å². The molecular weight excluding hydrogens is 400 g/mol. The van der Waals surface area contributed by atoms with Crippen LogP contribution in [0.2, 0.25) is 5.02 Å². The molecule has 1 heterocycles. The van der Waals surface area contributed by atoms with Gasteiger partial charge in [-0.25, -0.2) is 0 Å². The third-order valence-electron chi connectivity index (χ3n) is 4.74. The molecule has 5 nitrogen and oxygen atoms in total. The number of hydrogen-bond acceptors (Lipinski definition) is 3. The second-order valence-corrected chi connectivity index (χ2v) is 7.79. The van der Waals surface area contributed by atoms with E-state index in [2.05, 4.69) is 5.32 Å². The van der Waals surface area contributed by atoms with Gasteiger partial charge in [0.2, 0.25) is 11.8 Å². The molecule has 3 rings (SSSR count). The molecule has 0 aliphatic heterocycles. The minimum atomic E-state index is -0.772. The van der Waals surface area contributed by atoms with Crippen molar-refractivity contribution in [3.05, 3.63) is 94.9 Å². The van der Waals surface area contributed by atoms with Crippen molar-refractivity contribution in [1.82, 2.24) is 10.2 Å². The van der Waals surface area contributed by atoms with E-state index in [9.17, 15) is 9.59 Å². The van der Waals surface area contributed by atoms with E-state index < -0.39 is 6.04 Å². The summed E-state index contributed by atoms with van der Waals surface area (Å²) in [6.07, 6.45) is 1.56. The molecule has 3 aromatic rings. The van der Waals surface area contributed by atoms with Crippen LogP contribution in [-0.4, -0.2) is 16.7 Å². The van der Waals surface area contributed by atoms with Crippen LogP contribution in [0.5, 0.6) is 0 Å². The van der Waals surface area contributed by atoms with Crippen molar-refractivity contribution in [2.75, 3.05) is 0 Å². The van der Waals surface area contributed by atoms with Crippen LogP contribution >= 0.6 is 11.6 Å². The van der Waals surface area contributed by atoms with Crippen molar-refractivity contribution in [3.8, 4) is 0 Å². The van der Waals surface area contributed by atoms with E-state index in [0.717, 1.165) is 11.1 Å². The Labute approximate surface area is 181 Å². The van der Waals surface area contributed by atoms with Crippen LogP contribution in [0.25, 0.3) is 0 Å². The van der Waals surface area contributed by atoms with E-state index in [1.807, 2.05) is 56.3 Å². The summed E-state index contributed by atoms with van der Waals surface area (Å²) in [6.45, 7) is 4.21. The Hall–Kier alpha value is -3.05. The van der Waals surface area contributed by atoms with Crippen LogP contribution in [0.3, 0.4) is 0 Å². The van der Waals surface area contributed by atoms with Gasteiger partial charge in [-0.15, -0.1) is 0 Å². The SMILES string of the molecule is CC(C)C(=O)N(Cc1ccc(Cl)cc1)[C@@H](C(=O)NCc1ccco1)c1ccccc1. The van der Waals surface area contributed by atoms with Crippen LogP contribution in [-0.2, 0) is 22.7 Å². The molecule has 30 heavy (non-hydrogen) atoms. The highest BCUT2D eigenvalue weighted by Gasteiger charge is 2.32. The summed E-state index contributed by atoms with van der Waals surface area (Å²) in [5.74, 6) is 0.0171. The van der Waals surface area contributed by atoms with Crippen molar-refractivity contribution in [2.45, 2.75) is 33.0 Å². The number of rotatable bonds is 8. The fourth-order valence-corrected chi connectivity index (χ4v) is 3.33. The second kappa shape index (κ2) is 10.1. The maximum atomic E-state index is 13.3. The molecule has 0 saturated carbocycles. The van der Waals surface area contributed by atoms with Gasteiger partial charge in [0.25, 0.3) is 0 Å². The van der Waals surface area contributed by atoms with Gasteiger partial charge < -0.3 is 14.6 Å². The first-order valence-corrected chi connectivity index (χ1v) is 10.2. The topological polar surface area (TPSA) is 62.6 Å². The molecule has 2 amide bonds. The van der Waals surface area contributed by atoms with Crippen molar-refractivity contribution in [3.63, 3.8) is 0 Å². The molecule has 0 spiro atoms. The fourth-order valence-electron chi connectivity index (χ4n) is 3.21. The number of nitrogens with zero attached hydrogens (tertiary/aromatic N) is 1. The van der Waals surface area contributed by atoms with Crippen molar-refractivity contribution < 1.29 is 14.0 Å².